The number of nitrogens with two attached hydrogens (primary N) is 3. The third-order valence-corrected chi connectivity index (χ3v) is 25.3. The summed E-state index contributed by atoms with van der Waals surface area (Å²) in [5, 5.41) is 49.9. The number of para-hydroxylation sites is 2. The predicted octanol–water partition coefficient (Wildman–Crippen LogP) is -1.61. The summed E-state index contributed by atoms with van der Waals surface area (Å²) in [5.74, 6) is -16.7. The zero-order valence-corrected chi connectivity index (χ0v) is 77.8. The number of rotatable bonds is 26. The number of imidazole rings is 1. The fourth-order valence-electron chi connectivity index (χ4n) is 16.9. The second-order valence-electron chi connectivity index (χ2n) is 34.7. The lowest BCUT2D eigenvalue weighted by Crippen LogP contribution is -2.62. The molecule has 726 valence electrons. The second kappa shape index (κ2) is 49.8. The Morgan fingerprint density at radius 2 is 1.08 bits per heavy atom. The molecule has 1 unspecified atom stereocenters. The van der Waals surface area contributed by atoms with Crippen LogP contribution in [0, 0.1) is 11.3 Å². The van der Waals surface area contributed by atoms with Gasteiger partial charge in [0, 0.05) is 118 Å². The molecule has 9 rings (SSSR count). The normalized spacial score (nSPS) is 24.8. The molecule has 3 saturated heterocycles. The lowest BCUT2D eigenvalue weighted by Gasteiger charge is -2.36. The van der Waals surface area contributed by atoms with Gasteiger partial charge >= 0.3 is 0 Å². The summed E-state index contributed by atoms with van der Waals surface area (Å²) < 4.78 is 0. The molecule has 43 heteroatoms. The summed E-state index contributed by atoms with van der Waals surface area (Å²) in [6, 6.07) is 0.889. The molecular weight excluding hydrogens is 1750 g/mol. The quantitative estimate of drug-likeness (QED) is 0.0165. The van der Waals surface area contributed by atoms with Gasteiger partial charge in [0.2, 0.25) is 100 Å². The van der Waals surface area contributed by atoms with E-state index in [0.717, 1.165) is 21.6 Å². The summed E-state index contributed by atoms with van der Waals surface area (Å²) in [5.41, 5.74) is 20.2. The number of H-pyrrole nitrogens is 3. The fourth-order valence-corrected chi connectivity index (χ4v) is 17.8. The molecule has 3 aromatic carbocycles. The van der Waals surface area contributed by atoms with Crippen molar-refractivity contribution in [3.8, 4) is 0 Å². The first-order valence-corrected chi connectivity index (χ1v) is 46.4. The molecule has 3 aromatic heterocycles. The predicted molar refractivity (Wildman–Crippen MR) is 497 cm³/mol. The maximum atomic E-state index is 15.9. The summed E-state index contributed by atoms with van der Waals surface area (Å²) in [6.07, 6.45) is 5.95. The van der Waals surface area contributed by atoms with E-state index < -0.39 is 222 Å². The number of aromatic amines is 3. The molecule has 0 radical (unpaired) electrons. The molecule has 15 atom stereocenters. The van der Waals surface area contributed by atoms with Crippen LogP contribution in [-0.4, -0.2) is 305 Å². The van der Waals surface area contributed by atoms with Crippen molar-refractivity contribution in [1.29, 1.82) is 5.41 Å². The Morgan fingerprint density at radius 1 is 0.545 bits per heavy atom. The monoisotopic (exact) mass is 1880 g/mol. The number of benzene rings is 3. The molecule has 3 fully saturated rings. The Balaban J connectivity index is 1.10. The van der Waals surface area contributed by atoms with E-state index in [9.17, 15) is 57.8 Å². The highest BCUT2D eigenvalue weighted by Crippen LogP contribution is 2.29. The van der Waals surface area contributed by atoms with Gasteiger partial charge in [-0.25, -0.2) is 4.98 Å². The highest BCUT2D eigenvalue weighted by Gasteiger charge is 2.48. The summed E-state index contributed by atoms with van der Waals surface area (Å²) >= 11 is 0.872. The van der Waals surface area contributed by atoms with E-state index in [0.29, 0.717) is 69.9 Å². The molecular formula is C91H128N24O18S. The number of nitrogens with one attached hydrogen (secondary N) is 15. The number of carbonyl (C=O) groups is 17. The van der Waals surface area contributed by atoms with Crippen molar-refractivity contribution in [1.82, 2.24) is 103 Å². The van der Waals surface area contributed by atoms with Crippen LogP contribution in [0.2, 0.25) is 0 Å². The summed E-state index contributed by atoms with van der Waals surface area (Å²) in [7, 11) is 4.06. The van der Waals surface area contributed by atoms with E-state index in [1.807, 2.05) is 13.8 Å². The zero-order chi connectivity index (χ0) is 97.7. The number of aromatic nitrogens is 4. The Kier molecular flexibility index (Phi) is 38.8. The molecule has 6 heterocycles. The molecule has 42 nitrogen and oxygen atoms in total. The molecule has 0 saturated carbocycles. The third-order valence-electron chi connectivity index (χ3n) is 24.3. The minimum absolute atomic E-state index is 0.00136. The van der Waals surface area contributed by atoms with Crippen LogP contribution < -0.4 is 75.7 Å². The van der Waals surface area contributed by atoms with E-state index >= 15 is 28.8 Å². The van der Waals surface area contributed by atoms with Crippen LogP contribution in [-0.2, 0) is 107 Å². The van der Waals surface area contributed by atoms with Crippen molar-refractivity contribution in [2.45, 2.75) is 241 Å². The number of hydrogen-bond acceptors (Lipinski definition) is 21. The standard InChI is InChI=1S/C91H128N24O18S/c1-10-12-30-70-84(127)109-65-36-51(5)115(89(65)132)73(83(126)100-45-75(93)118)47-134-48-76(119)102-66(37-53-23-15-14-16-24-53)86(129)111(7)52(6)77(120)107-68(41-74(92)117)88(131)114-34-22-32-71(114)85(128)106-64(40-56-44-96-49-101-56)81(124)104-62(35-50(3)4)79(122)110-69(46-116)82(125)105-63(38-54-42-98-59-27-19-17-25-57(54)59)80(123)103-61(29-21-33-97-91(94)95)78(121)108-67(39-55-43-99-60-28-20-18-26-58(55)60)87(130)113(9)72(31-13-11-2)90(133)112(70)8/h14-20,23-28,42-44,49-52,61-73,98-99,116H,10-13,21-22,29-41,45-48H2,1-9H3,(H2,92,117)(H2,93,118)(H,96,101)(H,100,126)(H,102,119)(H,103,123)(H,104,124)(H,105,125)(H,106,128)(H,107,120)(H,108,121)(H,109,127)(H,110,122)(H4,94,95,97)/t51?,52-,61-,62-,63-,64-,65-,66-,67-,68-,69-,70-,71-,72-,73-/m0/s1. The Hall–Kier alpha value is -13.5. The lowest BCUT2D eigenvalue weighted by atomic mass is 9.99. The summed E-state index contributed by atoms with van der Waals surface area (Å²) in [4.78, 5) is 270. The molecule has 0 aliphatic carbocycles. The van der Waals surface area contributed by atoms with Gasteiger partial charge in [0.15, 0.2) is 5.96 Å². The van der Waals surface area contributed by atoms with Crippen molar-refractivity contribution < 1.29 is 86.6 Å². The van der Waals surface area contributed by atoms with Gasteiger partial charge in [-0.15, -0.1) is 11.8 Å². The third kappa shape index (κ3) is 28.5. The van der Waals surface area contributed by atoms with E-state index in [1.165, 1.54) is 55.3 Å². The molecule has 6 aromatic rings. The number of amides is 17. The van der Waals surface area contributed by atoms with Crippen LogP contribution in [0.15, 0.2) is 104 Å². The van der Waals surface area contributed by atoms with Gasteiger partial charge in [0.05, 0.1) is 31.7 Å². The molecule has 3 aliphatic rings. The van der Waals surface area contributed by atoms with Gasteiger partial charge < -0.3 is 120 Å². The van der Waals surface area contributed by atoms with Crippen molar-refractivity contribution in [2.24, 2.45) is 23.1 Å². The number of aliphatic hydroxyl groups is 1. The SMILES string of the molecule is CCCC[C@H]1C(=O)N(C)[C@@H](CCCC)C(=O)N[C@H]2CC(C)N(C2=O)[C@H](C(=O)NCC(N)=O)CSCC(=O)N[C@@H](Cc2ccccc2)C(=O)N(C)[C@@H](C)C(=O)N[C@@H](CC(N)=O)C(=O)N2CCC[C@H]2C(=O)N[C@@H](Cc2cnc[nH]2)C(=O)N[C@@H](CC(C)C)C(=O)N[C@@H](CO)C(=O)N[C@@H](Cc2c[nH]c3ccccc23)C(=O)N[C@@H](CCCNC(=N)N)C(=O)N[C@@H](Cc2c[nH]c3ccccc23)C(=O)N1C. The number of aliphatic hydroxyl groups excluding tert-OH is 1. The van der Waals surface area contributed by atoms with Gasteiger partial charge in [-0.2, -0.15) is 0 Å². The van der Waals surface area contributed by atoms with Gasteiger partial charge in [-0.05, 0) is 100.0 Å². The number of likely N-dealkylation sites (N-methyl/N-ethyl adjacent to an activating group) is 3. The van der Waals surface area contributed by atoms with Crippen molar-refractivity contribution >= 4 is 140 Å². The molecule has 0 spiro atoms. The first-order chi connectivity index (χ1) is 63.9. The average Bonchev–Trinajstić information content (AvgIpc) is 1.65. The first kappa shape index (κ1) is 104. The largest absolute Gasteiger partial charge is 0.394 e. The minimum atomic E-state index is -1.86. The van der Waals surface area contributed by atoms with Crippen molar-refractivity contribution in [3.05, 3.63) is 126 Å². The van der Waals surface area contributed by atoms with E-state index in [2.05, 4.69) is 78.4 Å². The second-order valence-corrected chi connectivity index (χ2v) is 35.8. The van der Waals surface area contributed by atoms with Crippen molar-refractivity contribution in [2.75, 3.05) is 58.9 Å². The number of hydrogen-bond donors (Lipinski definition) is 19. The van der Waals surface area contributed by atoms with Gasteiger partial charge in [0.1, 0.15) is 84.6 Å². The topological polar surface area (TPSA) is 621 Å². The average molecular weight is 1880 g/mol. The molecule has 2 bridgehead atoms. The Morgan fingerprint density at radius 3 is 1.69 bits per heavy atom. The number of nitrogens with zero attached hydrogens (tertiary/aromatic N) is 6. The van der Waals surface area contributed by atoms with Crippen LogP contribution in [0.1, 0.15) is 147 Å². The highest BCUT2D eigenvalue weighted by atomic mass is 32.2. The van der Waals surface area contributed by atoms with Crippen LogP contribution in [0.4, 0.5) is 0 Å². The fraction of sp³-hybridized carbons (Fsp3) is 0.527. The maximum Gasteiger partial charge on any atom is 0.246 e. The lowest BCUT2D eigenvalue weighted by molar-refractivity contribution is -0.149. The smallest absolute Gasteiger partial charge is 0.246 e. The molecule has 17 amide bonds. The number of fused-ring (bicyclic) bond motifs is 5. The highest BCUT2D eigenvalue weighted by molar-refractivity contribution is 8.00. The first-order valence-electron chi connectivity index (χ1n) is 45.3. The van der Waals surface area contributed by atoms with Crippen LogP contribution >= 0.6 is 11.8 Å². The number of primary amides is 2. The van der Waals surface area contributed by atoms with Gasteiger partial charge in [-0.3, -0.25) is 86.9 Å². The molecule has 22 N–H and O–H groups in total. The molecule has 3 aliphatic heterocycles. The number of guanidine groups is 1. The van der Waals surface area contributed by atoms with Crippen LogP contribution in [0.25, 0.3) is 21.8 Å². The van der Waals surface area contributed by atoms with Gasteiger partial charge in [0.25, 0.3) is 0 Å². The van der Waals surface area contributed by atoms with E-state index in [-0.39, 0.29) is 102 Å². The number of carbonyl (C=O) groups excluding carboxylic acids is 17. The number of thioether (sulfide) groups is 1. The minimum Gasteiger partial charge on any atom is -0.394 e. The van der Waals surface area contributed by atoms with E-state index in [4.69, 9.17) is 22.6 Å². The van der Waals surface area contributed by atoms with Crippen molar-refractivity contribution in [3.63, 3.8) is 0 Å². The zero-order valence-electron chi connectivity index (χ0n) is 77.0. The number of unbranched alkanes of at least 4 members (excludes halogenated alkanes) is 2. The Labute approximate surface area is 780 Å². The van der Waals surface area contributed by atoms with Crippen LogP contribution in [0.3, 0.4) is 0 Å². The van der Waals surface area contributed by atoms with E-state index in [1.54, 1.807) is 112 Å². The maximum absolute atomic E-state index is 15.9. The van der Waals surface area contributed by atoms with Gasteiger partial charge in [-0.1, -0.05) is 120 Å². The Bertz CT molecular complexity index is 5170. The van der Waals surface area contributed by atoms with Crippen LogP contribution in [0.5, 0.6) is 0 Å². The molecule has 134 heavy (non-hydrogen) atoms. The summed E-state index contributed by atoms with van der Waals surface area (Å²) in [6.45, 7) is 8.29.